The van der Waals surface area contributed by atoms with E-state index < -0.39 is 6.09 Å². The van der Waals surface area contributed by atoms with Crippen LogP contribution in [0.15, 0.2) is 36.0 Å². The van der Waals surface area contributed by atoms with Crippen molar-refractivity contribution in [3.8, 4) is 0 Å². The Hall–Kier alpha value is -2.16. The van der Waals surface area contributed by atoms with E-state index in [9.17, 15) is 9.59 Å². The molecule has 8 heteroatoms. The minimum absolute atomic E-state index is 0.0436. The number of allylic oxidation sites excluding steroid dienone is 5. The summed E-state index contributed by atoms with van der Waals surface area (Å²) in [5.74, 6) is 4.57. The quantitative estimate of drug-likeness (QED) is 0.0408. The van der Waals surface area contributed by atoms with Crippen molar-refractivity contribution in [2.45, 2.75) is 227 Å². The molecule has 1 N–H and O–H groups in total. The number of ether oxygens (including phenoxy) is 4. The fraction of sp³-hybridized carbons (Fsp3) is 0.864. The molecule has 5 rings (SSSR count). The van der Waals surface area contributed by atoms with Crippen LogP contribution in [0.25, 0.3) is 0 Å². The summed E-state index contributed by atoms with van der Waals surface area (Å²) in [5.41, 5.74) is 2.24. The van der Waals surface area contributed by atoms with E-state index in [0.717, 1.165) is 93.9 Å². The molecule has 0 aromatic rings. The summed E-state index contributed by atoms with van der Waals surface area (Å²) < 4.78 is 23.9. The molecule has 384 valence electrons. The van der Waals surface area contributed by atoms with Crippen molar-refractivity contribution in [3.63, 3.8) is 0 Å². The van der Waals surface area contributed by atoms with Crippen molar-refractivity contribution in [3.05, 3.63) is 36.0 Å². The van der Waals surface area contributed by atoms with E-state index >= 15 is 0 Å². The Kier molecular flexibility index (Phi) is 25.4. The molecule has 4 aliphatic carbocycles. The van der Waals surface area contributed by atoms with Gasteiger partial charge >= 0.3 is 12.1 Å². The topological polar surface area (TPSA) is 86.3 Å². The Balaban J connectivity index is 0.909. The lowest BCUT2D eigenvalue weighted by atomic mass is 9.47. The second-order valence-corrected chi connectivity index (χ2v) is 23.0. The first kappa shape index (κ1) is 55.8. The molecule has 8 unspecified atom stereocenters. The van der Waals surface area contributed by atoms with Gasteiger partial charge in [0.2, 0.25) is 0 Å². The number of likely N-dealkylation sites (tertiary alicyclic amines) is 1. The van der Waals surface area contributed by atoms with Crippen molar-refractivity contribution < 1.29 is 28.5 Å². The minimum Gasteiger partial charge on any atom is -0.463 e. The third-order valence-corrected chi connectivity index (χ3v) is 17.5. The molecule has 0 aromatic heterocycles. The fourth-order valence-corrected chi connectivity index (χ4v) is 13.6. The van der Waals surface area contributed by atoms with Crippen LogP contribution in [0.2, 0.25) is 0 Å². The van der Waals surface area contributed by atoms with Crippen molar-refractivity contribution in [1.29, 1.82) is 0 Å². The van der Waals surface area contributed by atoms with Gasteiger partial charge in [-0.05, 0) is 156 Å². The summed E-state index contributed by atoms with van der Waals surface area (Å²) >= 11 is 0. The summed E-state index contributed by atoms with van der Waals surface area (Å²) in [6, 6.07) is 0. The molecule has 0 bridgehead atoms. The number of alkyl carbamates (subject to hydrolysis) is 1. The van der Waals surface area contributed by atoms with Gasteiger partial charge in [0.25, 0.3) is 0 Å². The Bertz CT molecular complexity index is 1490. The summed E-state index contributed by atoms with van der Waals surface area (Å²) in [4.78, 5) is 28.0. The number of unbranched alkanes of at least 4 members (excludes halogenated alkanes) is 9. The van der Waals surface area contributed by atoms with Gasteiger partial charge in [-0.1, -0.05) is 142 Å². The number of piperidine rings is 1. The Morgan fingerprint density at radius 1 is 0.806 bits per heavy atom. The van der Waals surface area contributed by atoms with E-state index in [0.29, 0.717) is 18.6 Å². The highest BCUT2D eigenvalue weighted by Gasteiger charge is 2.59. The van der Waals surface area contributed by atoms with Crippen LogP contribution in [0.3, 0.4) is 0 Å². The third kappa shape index (κ3) is 18.5. The van der Waals surface area contributed by atoms with Gasteiger partial charge in [-0.25, -0.2) is 4.79 Å². The lowest BCUT2D eigenvalue weighted by Crippen LogP contribution is -2.51. The normalized spacial score (nSPS) is 28.5. The van der Waals surface area contributed by atoms with Gasteiger partial charge in [-0.2, -0.15) is 0 Å². The average Bonchev–Trinajstić information content (AvgIpc) is 3.67. The van der Waals surface area contributed by atoms with E-state index in [-0.39, 0.29) is 43.2 Å². The van der Waals surface area contributed by atoms with Gasteiger partial charge in [0, 0.05) is 26.1 Å². The van der Waals surface area contributed by atoms with Crippen LogP contribution in [0.5, 0.6) is 0 Å². The van der Waals surface area contributed by atoms with Crippen molar-refractivity contribution in [2.24, 2.45) is 46.3 Å². The lowest BCUT2D eigenvalue weighted by Gasteiger charge is -2.58. The lowest BCUT2D eigenvalue weighted by molar-refractivity contribution is -0.146. The second-order valence-electron chi connectivity index (χ2n) is 23.0. The molecule has 1 heterocycles. The Labute approximate surface area is 411 Å². The van der Waals surface area contributed by atoms with E-state index in [1.54, 1.807) is 0 Å². The molecule has 8 nitrogen and oxygen atoms in total. The number of fused-ring (bicyclic) bond motifs is 5. The van der Waals surface area contributed by atoms with Gasteiger partial charge in [0.15, 0.2) is 0 Å². The predicted octanol–water partition coefficient (Wildman–Crippen LogP) is 14.8. The van der Waals surface area contributed by atoms with Crippen LogP contribution in [0.1, 0.15) is 215 Å². The zero-order chi connectivity index (χ0) is 47.7. The van der Waals surface area contributed by atoms with E-state index in [1.165, 1.54) is 140 Å². The van der Waals surface area contributed by atoms with Gasteiger partial charge in [-0.15, -0.1) is 0 Å². The maximum Gasteiger partial charge on any atom is 0.407 e. The number of nitrogens with zero attached hydrogens (tertiary/aromatic N) is 1. The predicted molar refractivity (Wildman–Crippen MR) is 277 cm³/mol. The first-order chi connectivity index (χ1) is 32.5. The number of carbonyl (C=O) groups is 2. The number of nitrogens with one attached hydrogen (secondary N) is 1. The van der Waals surface area contributed by atoms with Crippen LogP contribution in [0.4, 0.5) is 4.79 Å². The minimum atomic E-state index is -0.428. The fourth-order valence-electron chi connectivity index (χ4n) is 13.6. The first-order valence-corrected chi connectivity index (χ1v) is 28.5. The highest BCUT2D eigenvalue weighted by atomic mass is 16.6. The standard InChI is InChI=1S/C59H102N2O6/c1-7-8-9-10-11-12-13-14-15-16-17-18-19-20-21-25-41-64-46-51(45-61-39-23-22-24-40-61)65-42-43-66-56(62)35-38-60-57(63)67-50-33-36-58(5)49(44-50)29-30-52-54-32-31-53(48(4)28-26-27-47(2)3)59(54,6)37-34-55(52)58/h11-12,14-15,29,47-48,50-55H,7-10,13,16-28,30-46H2,1-6H3,(H,60,63)/b12-11-,15-14-/t48?,50-,51?,52?,53?,54?,55?,58?,59?/m0/s1. The molecule has 0 spiro atoms. The number of hydrogen-bond acceptors (Lipinski definition) is 7. The van der Waals surface area contributed by atoms with Crippen LogP contribution in [0, 0.1) is 46.3 Å². The maximum atomic E-state index is 12.9. The molecule has 5 aliphatic rings. The third-order valence-electron chi connectivity index (χ3n) is 17.5. The summed E-state index contributed by atoms with van der Waals surface area (Å²) in [5, 5.41) is 2.83. The van der Waals surface area contributed by atoms with Gasteiger partial charge < -0.3 is 29.2 Å². The van der Waals surface area contributed by atoms with Crippen molar-refractivity contribution in [2.75, 3.05) is 52.6 Å². The molecule has 0 radical (unpaired) electrons. The number of carbonyl (C=O) groups excluding carboxylic acids is 2. The van der Waals surface area contributed by atoms with E-state index in [2.05, 4.69) is 82.1 Å². The van der Waals surface area contributed by atoms with E-state index in [4.69, 9.17) is 18.9 Å². The number of amides is 1. The van der Waals surface area contributed by atoms with Crippen molar-refractivity contribution in [1.82, 2.24) is 10.2 Å². The molecular weight excluding hydrogens is 833 g/mol. The van der Waals surface area contributed by atoms with Crippen molar-refractivity contribution >= 4 is 12.1 Å². The summed E-state index contributed by atoms with van der Waals surface area (Å²) in [6.07, 6.45) is 43.8. The van der Waals surface area contributed by atoms with Crippen LogP contribution < -0.4 is 5.32 Å². The zero-order valence-corrected chi connectivity index (χ0v) is 44.2. The largest absolute Gasteiger partial charge is 0.463 e. The van der Waals surface area contributed by atoms with Gasteiger partial charge in [-0.3, -0.25) is 4.79 Å². The summed E-state index contributed by atoms with van der Waals surface area (Å²) in [6.45, 7) is 19.9. The molecule has 3 saturated carbocycles. The van der Waals surface area contributed by atoms with Crippen LogP contribution in [-0.4, -0.2) is 81.8 Å². The Morgan fingerprint density at radius 3 is 2.31 bits per heavy atom. The molecular formula is C59H102N2O6. The molecule has 1 saturated heterocycles. The first-order valence-electron chi connectivity index (χ1n) is 28.5. The molecule has 1 aliphatic heterocycles. The smallest absolute Gasteiger partial charge is 0.407 e. The van der Waals surface area contributed by atoms with Crippen LogP contribution >= 0.6 is 0 Å². The van der Waals surface area contributed by atoms with Crippen LogP contribution in [-0.2, 0) is 23.7 Å². The maximum absolute atomic E-state index is 12.9. The monoisotopic (exact) mass is 935 g/mol. The zero-order valence-electron chi connectivity index (χ0n) is 44.2. The molecule has 9 atom stereocenters. The highest BCUT2D eigenvalue weighted by molar-refractivity contribution is 5.71. The van der Waals surface area contributed by atoms with Gasteiger partial charge in [0.05, 0.1) is 25.7 Å². The number of rotatable bonds is 32. The molecule has 4 fully saturated rings. The SMILES string of the molecule is CCCCC/C=C\C/C=C\CCCCCCCCOCC(CN1CCCCC1)OCCOC(=O)CCNC(=O)O[C@H]1CCC2(C)C(=CCC3C2CCC2(C)C(C(C)CCCC(C)C)CCC32)C1. The van der Waals surface area contributed by atoms with E-state index in [1.807, 2.05) is 0 Å². The summed E-state index contributed by atoms with van der Waals surface area (Å²) in [7, 11) is 0. The average molecular weight is 935 g/mol. The second kappa shape index (κ2) is 30.5. The van der Waals surface area contributed by atoms with Gasteiger partial charge in [0.1, 0.15) is 12.7 Å². The number of hydrogen-bond donors (Lipinski definition) is 1. The Morgan fingerprint density at radius 2 is 1.55 bits per heavy atom. The highest BCUT2D eigenvalue weighted by Crippen LogP contribution is 2.67. The number of esters is 1. The molecule has 0 aromatic carbocycles. The molecule has 67 heavy (non-hydrogen) atoms. The molecule has 1 amide bonds.